The monoisotopic (exact) mass is 467 g/mol. The number of hydrogen-bond acceptors (Lipinski definition) is 3. The van der Waals surface area contributed by atoms with Gasteiger partial charge in [-0.15, -0.1) is 0 Å². The highest BCUT2D eigenvalue weighted by atomic mass is 16.3. The Morgan fingerprint density at radius 2 is 1.15 bits per heavy atom. The van der Waals surface area contributed by atoms with Crippen molar-refractivity contribution in [1.82, 2.24) is 5.32 Å². The number of nitrogens with one attached hydrogen (secondary N) is 1. The molecule has 0 fully saturated rings. The highest BCUT2D eigenvalue weighted by Crippen LogP contribution is 2.12. The summed E-state index contributed by atoms with van der Waals surface area (Å²) in [6, 6.07) is -0.529. The first-order valence-electron chi connectivity index (χ1n) is 14.4. The topological polar surface area (TPSA) is 69.6 Å². The lowest BCUT2D eigenvalue weighted by atomic mass is 10.0. The van der Waals surface area contributed by atoms with E-state index in [0.717, 1.165) is 32.1 Å². The molecule has 2 atom stereocenters. The number of carbonyl (C=O) groups excluding carboxylic acids is 1. The van der Waals surface area contributed by atoms with Gasteiger partial charge in [-0.1, -0.05) is 116 Å². The summed E-state index contributed by atoms with van der Waals surface area (Å²) in [7, 11) is 0. The third-order valence-electron chi connectivity index (χ3n) is 6.53. The summed E-state index contributed by atoms with van der Waals surface area (Å²) in [6.07, 6.45) is 28.8. The fourth-order valence-corrected chi connectivity index (χ4v) is 4.23. The van der Waals surface area contributed by atoms with Crippen molar-refractivity contribution in [1.29, 1.82) is 0 Å². The predicted octanol–water partition coefficient (Wildman–Crippen LogP) is 7.61. The molecule has 0 aliphatic heterocycles. The number of aliphatic hydroxyl groups excluding tert-OH is 2. The molecule has 0 heterocycles. The van der Waals surface area contributed by atoms with Crippen molar-refractivity contribution >= 4 is 5.91 Å². The first-order chi connectivity index (χ1) is 16.2. The van der Waals surface area contributed by atoms with E-state index in [1.54, 1.807) is 0 Å². The Morgan fingerprint density at radius 1 is 0.697 bits per heavy atom. The van der Waals surface area contributed by atoms with Gasteiger partial charge in [0.25, 0.3) is 0 Å². The molecule has 4 heteroatoms. The molecule has 0 saturated heterocycles. The van der Waals surface area contributed by atoms with Crippen molar-refractivity contribution in [2.75, 3.05) is 6.61 Å². The summed E-state index contributed by atoms with van der Waals surface area (Å²) < 4.78 is 0. The Bertz CT molecular complexity index is 439. The van der Waals surface area contributed by atoms with Crippen LogP contribution in [0.2, 0.25) is 0 Å². The highest BCUT2D eigenvalue weighted by Gasteiger charge is 2.19. The van der Waals surface area contributed by atoms with E-state index < -0.39 is 12.1 Å². The molecule has 0 radical (unpaired) electrons. The number of aliphatic hydroxyl groups is 2. The third kappa shape index (κ3) is 22.7. The van der Waals surface area contributed by atoms with Crippen LogP contribution in [-0.4, -0.2) is 34.9 Å². The van der Waals surface area contributed by atoms with Crippen molar-refractivity contribution in [3.05, 3.63) is 12.2 Å². The zero-order valence-electron chi connectivity index (χ0n) is 22.2. The molecule has 0 aromatic rings. The number of rotatable bonds is 25. The summed E-state index contributed by atoms with van der Waals surface area (Å²) in [4.78, 5) is 12.1. The van der Waals surface area contributed by atoms with Crippen LogP contribution >= 0.6 is 0 Å². The number of carbonyl (C=O) groups is 1. The van der Waals surface area contributed by atoms with Gasteiger partial charge in [-0.3, -0.25) is 4.79 Å². The van der Waals surface area contributed by atoms with Gasteiger partial charge >= 0.3 is 0 Å². The van der Waals surface area contributed by atoms with Crippen molar-refractivity contribution in [3.63, 3.8) is 0 Å². The van der Waals surface area contributed by atoms with Crippen molar-refractivity contribution in [2.24, 2.45) is 0 Å². The first kappa shape index (κ1) is 32.1. The van der Waals surface area contributed by atoms with Gasteiger partial charge in [0.15, 0.2) is 0 Å². The van der Waals surface area contributed by atoms with Gasteiger partial charge in [0, 0.05) is 6.42 Å². The van der Waals surface area contributed by atoms with Crippen LogP contribution in [0, 0.1) is 0 Å². The molecule has 2 unspecified atom stereocenters. The van der Waals surface area contributed by atoms with Crippen LogP contribution in [0.25, 0.3) is 0 Å². The van der Waals surface area contributed by atoms with Gasteiger partial charge < -0.3 is 15.5 Å². The minimum atomic E-state index is -0.652. The Hall–Kier alpha value is -0.870. The first-order valence-corrected chi connectivity index (χ1v) is 14.4. The fourth-order valence-electron chi connectivity index (χ4n) is 4.23. The van der Waals surface area contributed by atoms with Crippen LogP contribution in [0.4, 0.5) is 0 Å². The van der Waals surface area contributed by atoms with Crippen molar-refractivity contribution in [3.8, 4) is 0 Å². The molecule has 33 heavy (non-hydrogen) atoms. The fraction of sp³-hybridized carbons (Fsp3) is 0.897. The average molecular weight is 468 g/mol. The maximum absolute atomic E-state index is 12.1. The standard InChI is InChI=1S/C29H57NO3/c1-3-5-7-8-9-10-11-12-13-14-15-16-17-18-19-20-21-23-25-29(33)30-27(26-31)28(32)24-22-6-4-2/h13-14,27-28,31-32H,3-12,15-26H2,1-2H3,(H,30,33)/b14-13-. The van der Waals surface area contributed by atoms with Crippen LogP contribution in [0.15, 0.2) is 12.2 Å². The zero-order chi connectivity index (χ0) is 24.4. The van der Waals surface area contributed by atoms with E-state index in [2.05, 4.69) is 31.3 Å². The number of hydrogen-bond donors (Lipinski definition) is 3. The highest BCUT2D eigenvalue weighted by molar-refractivity contribution is 5.76. The second-order valence-corrected chi connectivity index (χ2v) is 9.81. The molecule has 0 bridgehead atoms. The second-order valence-electron chi connectivity index (χ2n) is 9.81. The van der Waals surface area contributed by atoms with Gasteiger partial charge in [0.2, 0.25) is 5.91 Å². The number of unbranched alkanes of at least 4 members (excludes halogenated alkanes) is 16. The van der Waals surface area contributed by atoms with E-state index >= 15 is 0 Å². The molecule has 0 spiro atoms. The lowest BCUT2D eigenvalue weighted by Gasteiger charge is -2.22. The van der Waals surface area contributed by atoms with Crippen LogP contribution < -0.4 is 5.32 Å². The molecule has 0 aliphatic carbocycles. The Labute approximate surface area is 206 Å². The van der Waals surface area contributed by atoms with Crippen LogP contribution in [0.1, 0.15) is 149 Å². The molecule has 0 rings (SSSR count). The molecule has 4 nitrogen and oxygen atoms in total. The summed E-state index contributed by atoms with van der Waals surface area (Å²) in [6.45, 7) is 4.19. The molecular formula is C29H57NO3. The van der Waals surface area contributed by atoms with E-state index in [0.29, 0.717) is 12.8 Å². The molecule has 3 N–H and O–H groups in total. The summed E-state index contributed by atoms with van der Waals surface area (Å²) in [5, 5.41) is 22.4. The Balaban J connectivity index is 3.46. The minimum Gasteiger partial charge on any atom is -0.394 e. The van der Waals surface area contributed by atoms with E-state index in [1.165, 1.54) is 89.9 Å². The molecule has 0 aromatic heterocycles. The smallest absolute Gasteiger partial charge is 0.220 e. The Kier molecular flexibility index (Phi) is 25.1. The SMILES string of the molecule is CCCCCCCCC/C=C\CCCCCCCCCC(=O)NC(CO)C(O)CCCCC. The summed E-state index contributed by atoms with van der Waals surface area (Å²) in [5.41, 5.74) is 0. The van der Waals surface area contributed by atoms with Crippen LogP contribution in [0.5, 0.6) is 0 Å². The maximum atomic E-state index is 12.1. The largest absolute Gasteiger partial charge is 0.394 e. The normalized spacial score (nSPS) is 13.5. The molecular weight excluding hydrogens is 410 g/mol. The molecule has 0 saturated carbocycles. The van der Waals surface area contributed by atoms with Gasteiger partial charge in [-0.05, 0) is 38.5 Å². The Morgan fingerprint density at radius 3 is 1.67 bits per heavy atom. The lowest BCUT2D eigenvalue weighted by molar-refractivity contribution is -0.123. The molecule has 1 amide bonds. The zero-order valence-corrected chi connectivity index (χ0v) is 22.2. The molecule has 196 valence electrons. The van der Waals surface area contributed by atoms with E-state index in [1.807, 2.05) is 0 Å². The van der Waals surface area contributed by atoms with Gasteiger partial charge in [0.1, 0.15) is 0 Å². The van der Waals surface area contributed by atoms with Gasteiger partial charge in [0.05, 0.1) is 18.8 Å². The molecule has 0 aliphatic rings. The van der Waals surface area contributed by atoms with Gasteiger partial charge in [-0.2, -0.15) is 0 Å². The van der Waals surface area contributed by atoms with Crippen LogP contribution in [-0.2, 0) is 4.79 Å². The summed E-state index contributed by atoms with van der Waals surface area (Å²) in [5.74, 6) is -0.0492. The minimum absolute atomic E-state index is 0.0492. The summed E-state index contributed by atoms with van der Waals surface area (Å²) >= 11 is 0. The average Bonchev–Trinajstić information content (AvgIpc) is 2.81. The molecule has 0 aromatic carbocycles. The van der Waals surface area contributed by atoms with E-state index in [9.17, 15) is 15.0 Å². The maximum Gasteiger partial charge on any atom is 0.220 e. The van der Waals surface area contributed by atoms with Crippen LogP contribution in [0.3, 0.4) is 0 Å². The number of allylic oxidation sites excluding steroid dienone is 2. The quantitative estimate of drug-likeness (QED) is 0.0955. The van der Waals surface area contributed by atoms with E-state index in [4.69, 9.17) is 0 Å². The second kappa shape index (κ2) is 25.7. The predicted molar refractivity (Wildman–Crippen MR) is 142 cm³/mol. The third-order valence-corrected chi connectivity index (χ3v) is 6.53. The van der Waals surface area contributed by atoms with Crippen molar-refractivity contribution < 1.29 is 15.0 Å². The lowest BCUT2D eigenvalue weighted by Crippen LogP contribution is -2.45. The number of amides is 1. The van der Waals surface area contributed by atoms with E-state index in [-0.39, 0.29) is 12.5 Å². The van der Waals surface area contributed by atoms with Gasteiger partial charge in [-0.25, -0.2) is 0 Å². The van der Waals surface area contributed by atoms with Crippen molar-refractivity contribution in [2.45, 2.75) is 161 Å².